The molecule has 8 nitrogen and oxygen atoms in total. The van der Waals surface area contributed by atoms with Crippen LogP contribution >= 0.6 is 11.6 Å². The van der Waals surface area contributed by atoms with Crippen molar-refractivity contribution in [2.24, 2.45) is 5.92 Å². The zero-order valence-corrected chi connectivity index (χ0v) is 18.7. The summed E-state index contributed by atoms with van der Waals surface area (Å²) in [6.07, 6.45) is 7.00. The van der Waals surface area contributed by atoms with Gasteiger partial charge >= 0.3 is 0 Å². The molecule has 0 bridgehead atoms. The van der Waals surface area contributed by atoms with Crippen molar-refractivity contribution >= 4 is 33.2 Å². The number of benzene rings is 1. The van der Waals surface area contributed by atoms with E-state index in [1.165, 1.54) is 18.5 Å². The van der Waals surface area contributed by atoms with Gasteiger partial charge in [-0.2, -0.15) is 0 Å². The van der Waals surface area contributed by atoms with Gasteiger partial charge in [0.2, 0.25) is 5.91 Å². The molecule has 1 aromatic heterocycles. The van der Waals surface area contributed by atoms with Gasteiger partial charge in [0.25, 0.3) is 0 Å². The Morgan fingerprint density at radius 1 is 1.26 bits per heavy atom. The van der Waals surface area contributed by atoms with Crippen molar-refractivity contribution in [2.75, 3.05) is 18.2 Å². The number of aromatic nitrogens is 2. The quantitative estimate of drug-likeness (QED) is 0.544. The van der Waals surface area contributed by atoms with Gasteiger partial charge in [0.15, 0.2) is 15.7 Å². The molecule has 0 aliphatic heterocycles. The average Bonchev–Trinajstić information content (AvgIpc) is 3.25. The van der Waals surface area contributed by atoms with Crippen LogP contribution in [0.2, 0.25) is 5.02 Å². The number of carbonyl (C=O) groups is 1. The molecule has 0 saturated heterocycles. The zero-order chi connectivity index (χ0) is 22.6. The van der Waals surface area contributed by atoms with Crippen LogP contribution < -0.4 is 5.32 Å². The molecule has 1 unspecified atom stereocenters. The minimum atomic E-state index is -3.43. The molecule has 1 aliphatic rings. The number of hydrogen-bond acceptors (Lipinski definition) is 7. The Labute approximate surface area is 186 Å². The van der Waals surface area contributed by atoms with E-state index in [9.17, 15) is 18.3 Å². The van der Waals surface area contributed by atoms with Crippen molar-refractivity contribution in [2.45, 2.75) is 49.0 Å². The fourth-order valence-corrected chi connectivity index (χ4v) is 5.36. The number of aliphatic hydroxyl groups excluding tert-OH is 2. The monoisotopic (exact) mass is 467 g/mol. The first-order chi connectivity index (χ1) is 14.7. The number of rotatable bonds is 8. The van der Waals surface area contributed by atoms with Crippen LogP contribution in [0.5, 0.6) is 0 Å². The first-order valence-electron chi connectivity index (χ1n) is 10.1. The van der Waals surface area contributed by atoms with Crippen molar-refractivity contribution < 1.29 is 23.4 Å². The fraction of sp³-hybridized carbons (Fsp3) is 0.476. The Bertz CT molecular complexity index is 1020. The molecule has 1 aliphatic carbocycles. The highest BCUT2D eigenvalue weighted by Crippen LogP contribution is 2.40. The van der Waals surface area contributed by atoms with Gasteiger partial charge in [-0.1, -0.05) is 30.5 Å². The van der Waals surface area contributed by atoms with Crippen LogP contribution in [0.4, 0.5) is 5.82 Å². The van der Waals surface area contributed by atoms with E-state index in [2.05, 4.69) is 15.3 Å². The normalized spacial score (nSPS) is 16.8. The zero-order valence-electron chi connectivity index (χ0n) is 17.2. The van der Waals surface area contributed by atoms with E-state index in [0.717, 1.165) is 37.5 Å². The second-order valence-corrected chi connectivity index (χ2v) is 10.3. The molecule has 3 N–H and O–H groups in total. The van der Waals surface area contributed by atoms with Gasteiger partial charge < -0.3 is 15.5 Å². The molecule has 0 radical (unpaired) electrons. The summed E-state index contributed by atoms with van der Waals surface area (Å²) >= 11 is 6.25. The number of hydrogen-bond donors (Lipinski definition) is 3. The molecule has 1 saturated carbocycles. The molecule has 168 valence electrons. The number of anilines is 1. The first kappa shape index (κ1) is 23.6. The Hall–Kier alpha value is -2.07. The van der Waals surface area contributed by atoms with Gasteiger partial charge in [-0.3, -0.25) is 9.78 Å². The minimum absolute atomic E-state index is 0.0768. The lowest BCUT2D eigenvalue weighted by Crippen LogP contribution is -2.21. The molecular weight excluding hydrogens is 442 g/mol. The van der Waals surface area contributed by atoms with E-state index < -0.39 is 22.5 Å². The van der Waals surface area contributed by atoms with Crippen LogP contribution in [0, 0.1) is 5.92 Å². The maximum atomic E-state index is 12.7. The molecule has 2 aromatic rings. The fourth-order valence-electron chi connectivity index (χ4n) is 4.03. The Morgan fingerprint density at radius 2 is 1.97 bits per heavy atom. The summed E-state index contributed by atoms with van der Waals surface area (Å²) in [5.41, 5.74) is 1.05. The number of nitrogens with one attached hydrogen (secondary N) is 1. The summed E-state index contributed by atoms with van der Waals surface area (Å²) in [6.45, 7) is -0.468. The third-order valence-electron chi connectivity index (χ3n) is 5.61. The molecule has 10 heteroatoms. The van der Waals surface area contributed by atoms with Crippen LogP contribution in [-0.2, 0) is 14.6 Å². The van der Waals surface area contributed by atoms with Gasteiger partial charge in [-0.25, -0.2) is 13.4 Å². The summed E-state index contributed by atoms with van der Waals surface area (Å²) in [4.78, 5) is 20.9. The predicted molar refractivity (Wildman–Crippen MR) is 117 cm³/mol. The van der Waals surface area contributed by atoms with E-state index >= 15 is 0 Å². The lowest BCUT2D eigenvalue weighted by atomic mass is 9.82. The summed E-state index contributed by atoms with van der Waals surface area (Å²) in [6, 6.07) is 4.89. The van der Waals surface area contributed by atoms with E-state index in [1.807, 2.05) is 0 Å². The molecule has 1 aromatic carbocycles. The largest absolute Gasteiger partial charge is 0.393 e. The van der Waals surface area contributed by atoms with Crippen molar-refractivity contribution in [3.63, 3.8) is 0 Å². The molecule has 31 heavy (non-hydrogen) atoms. The maximum Gasteiger partial charge on any atom is 0.226 e. The molecule has 3 rings (SSSR count). The number of amides is 1. The standard InChI is InChI=1S/C21H26ClN3O5S/c1-31(29,30)19-7-6-14(8-16(19)22)15(13-4-2-3-5-13)9-21(28)25-20-11-23-17(10-24-20)18(27)12-26/h6-8,10-11,13,15,18,26-27H,2-5,9,12H2,1H3,(H,24,25,28)/t15-,18?/m1/s1. The Kier molecular flexibility index (Phi) is 7.64. The lowest BCUT2D eigenvalue weighted by molar-refractivity contribution is -0.116. The van der Waals surface area contributed by atoms with Crippen molar-refractivity contribution in [1.82, 2.24) is 9.97 Å². The Balaban J connectivity index is 1.77. The Morgan fingerprint density at radius 3 is 2.52 bits per heavy atom. The van der Waals surface area contributed by atoms with E-state index in [0.29, 0.717) is 5.92 Å². The number of sulfone groups is 1. The van der Waals surface area contributed by atoms with Crippen molar-refractivity contribution in [3.05, 3.63) is 46.9 Å². The van der Waals surface area contributed by atoms with Crippen LogP contribution in [0.15, 0.2) is 35.5 Å². The van der Waals surface area contributed by atoms with Crippen LogP contribution in [0.1, 0.15) is 55.4 Å². The topological polar surface area (TPSA) is 129 Å². The van der Waals surface area contributed by atoms with Gasteiger partial charge in [0.1, 0.15) is 6.10 Å². The number of carbonyl (C=O) groups excluding carboxylic acids is 1. The van der Waals surface area contributed by atoms with E-state index in [1.54, 1.807) is 12.1 Å². The summed E-state index contributed by atoms with van der Waals surface area (Å²) in [7, 11) is -3.43. The minimum Gasteiger partial charge on any atom is -0.393 e. The second-order valence-electron chi connectivity index (χ2n) is 7.89. The van der Waals surface area contributed by atoms with E-state index in [4.69, 9.17) is 16.7 Å². The predicted octanol–water partition coefficient (Wildman–Crippen LogP) is 2.86. The molecule has 0 spiro atoms. The molecular formula is C21H26ClN3O5S. The SMILES string of the molecule is CS(=O)(=O)c1ccc([C@H](CC(=O)Nc2cnc(C(O)CO)cn2)C2CCCC2)cc1Cl. The smallest absolute Gasteiger partial charge is 0.226 e. The summed E-state index contributed by atoms with van der Waals surface area (Å²) < 4.78 is 23.7. The van der Waals surface area contributed by atoms with Crippen LogP contribution in [0.25, 0.3) is 0 Å². The van der Waals surface area contributed by atoms with Gasteiger partial charge in [-0.05, 0) is 42.4 Å². The highest BCUT2D eigenvalue weighted by molar-refractivity contribution is 7.90. The van der Waals surface area contributed by atoms with Gasteiger partial charge in [0.05, 0.1) is 34.6 Å². The summed E-state index contributed by atoms with van der Waals surface area (Å²) in [5, 5.41) is 21.4. The first-order valence-corrected chi connectivity index (χ1v) is 12.4. The number of halogens is 1. The third kappa shape index (κ3) is 6.00. The highest BCUT2D eigenvalue weighted by atomic mass is 35.5. The second kappa shape index (κ2) is 10.0. The molecule has 1 amide bonds. The number of aliphatic hydroxyl groups is 2. The highest BCUT2D eigenvalue weighted by Gasteiger charge is 2.29. The lowest BCUT2D eigenvalue weighted by Gasteiger charge is -2.24. The molecule has 1 heterocycles. The van der Waals surface area contributed by atoms with Crippen molar-refractivity contribution in [1.29, 1.82) is 0 Å². The molecule has 1 fully saturated rings. The van der Waals surface area contributed by atoms with Crippen LogP contribution in [0.3, 0.4) is 0 Å². The molecule has 2 atom stereocenters. The van der Waals surface area contributed by atoms with Gasteiger partial charge in [0, 0.05) is 12.7 Å². The number of nitrogens with zero attached hydrogens (tertiary/aromatic N) is 2. The van der Waals surface area contributed by atoms with Gasteiger partial charge in [-0.15, -0.1) is 0 Å². The summed E-state index contributed by atoms with van der Waals surface area (Å²) in [5.74, 6) is 0.204. The third-order valence-corrected chi connectivity index (χ3v) is 7.19. The maximum absolute atomic E-state index is 12.7. The van der Waals surface area contributed by atoms with E-state index in [-0.39, 0.29) is 39.7 Å². The van der Waals surface area contributed by atoms with Crippen molar-refractivity contribution in [3.8, 4) is 0 Å². The van der Waals surface area contributed by atoms with Crippen LogP contribution in [-0.4, -0.2) is 47.4 Å². The average molecular weight is 468 g/mol.